The van der Waals surface area contributed by atoms with E-state index in [0.717, 1.165) is 0 Å². The average molecular weight is 143 g/mol. The molecule has 0 radical (unpaired) electrons. The molecule has 10 heavy (non-hydrogen) atoms. The van der Waals surface area contributed by atoms with Crippen molar-refractivity contribution in [3.63, 3.8) is 0 Å². The number of nitrogens with one attached hydrogen (secondary N) is 2. The maximum atomic E-state index is 10.4. The van der Waals surface area contributed by atoms with Gasteiger partial charge in [0.15, 0.2) is 0 Å². The van der Waals surface area contributed by atoms with Gasteiger partial charge in [-0.3, -0.25) is 5.41 Å². The van der Waals surface area contributed by atoms with Crippen LogP contribution >= 0.6 is 0 Å². The Bertz CT molecular complexity index is 155. The van der Waals surface area contributed by atoms with Gasteiger partial charge in [-0.25, -0.2) is 4.79 Å². The zero-order valence-corrected chi connectivity index (χ0v) is 5.39. The molecule has 5 heteroatoms. The number of carbonyl (C=O) groups excluding carboxylic acids is 1. The third-order valence-electron chi connectivity index (χ3n) is 0.586. The lowest BCUT2D eigenvalue weighted by Gasteiger charge is -2.00. The van der Waals surface area contributed by atoms with E-state index in [9.17, 15) is 4.79 Å². The second kappa shape index (κ2) is 4.37. The first-order valence-corrected chi connectivity index (χ1v) is 2.57. The average Bonchev–Trinajstić information content (AvgIpc) is 1.85. The molecule has 0 atom stereocenters. The zero-order chi connectivity index (χ0) is 7.98. The van der Waals surface area contributed by atoms with E-state index in [-0.39, 0.29) is 6.42 Å². The third kappa shape index (κ3) is 4.63. The summed E-state index contributed by atoms with van der Waals surface area (Å²) in [6, 6.07) is 0. The maximum absolute atomic E-state index is 10.4. The van der Waals surface area contributed by atoms with E-state index in [2.05, 4.69) is 11.4 Å². The van der Waals surface area contributed by atoms with Crippen LogP contribution in [0.15, 0.2) is 12.7 Å². The van der Waals surface area contributed by atoms with E-state index in [1.54, 1.807) is 0 Å². The summed E-state index contributed by atoms with van der Waals surface area (Å²) < 4.78 is 0. The number of hydrogen-bond acceptors (Lipinski definition) is 3. The van der Waals surface area contributed by atoms with Gasteiger partial charge in [-0.1, -0.05) is 6.08 Å². The molecule has 0 rings (SSSR count). The van der Waals surface area contributed by atoms with E-state index >= 15 is 0 Å². The zero-order valence-electron chi connectivity index (χ0n) is 5.39. The van der Waals surface area contributed by atoms with E-state index < -0.39 is 11.9 Å². The van der Waals surface area contributed by atoms with Crippen molar-refractivity contribution in [2.45, 2.75) is 6.42 Å². The Balaban J connectivity index is 3.39. The molecular weight excluding hydrogens is 134 g/mol. The quantitative estimate of drug-likeness (QED) is 0.210. The topological polar surface area (TPSA) is 88.2 Å². The summed E-state index contributed by atoms with van der Waals surface area (Å²) in [7, 11) is 0. The summed E-state index contributed by atoms with van der Waals surface area (Å²) in [4.78, 5) is 14.7. The Kier molecular flexibility index (Phi) is 3.70. The fourth-order valence-corrected chi connectivity index (χ4v) is 0.271. The van der Waals surface area contributed by atoms with Crippen molar-refractivity contribution in [1.82, 2.24) is 5.48 Å². The highest BCUT2D eigenvalue weighted by Crippen LogP contribution is 1.81. The Morgan fingerprint density at radius 1 is 1.90 bits per heavy atom. The van der Waals surface area contributed by atoms with E-state index in [1.165, 1.54) is 6.08 Å². The molecule has 0 aliphatic carbocycles. The molecule has 0 bridgehead atoms. The summed E-state index contributed by atoms with van der Waals surface area (Å²) in [5.74, 6) is -0.928. The minimum atomic E-state index is -0.523. The van der Waals surface area contributed by atoms with E-state index in [1.807, 2.05) is 5.48 Å². The standard InChI is InChI=1S/C5H9N3O2/c1-2-3-4(9)10-8-5(6)7/h2H,1,3H2,(H4,6,7,8). The van der Waals surface area contributed by atoms with Gasteiger partial charge >= 0.3 is 5.97 Å². The summed E-state index contributed by atoms with van der Waals surface area (Å²) in [5.41, 5.74) is 6.70. The van der Waals surface area contributed by atoms with Crippen LogP contribution in [0.3, 0.4) is 0 Å². The minimum absolute atomic E-state index is 0.0975. The molecule has 0 unspecified atom stereocenters. The molecule has 0 aromatic rings. The van der Waals surface area contributed by atoms with Crippen LogP contribution in [0.5, 0.6) is 0 Å². The van der Waals surface area contributed by atoms with Crippen molar-refractivity contribution >= 4 is 11.9 Å². The third-order valence-corrected chi connectivity index (χ3v) is 0.586. The summed E-state index contributed by atoms with van der Waals surface area (Å²) in [6.45, 7) is 3.31. The van der Waals surface area contributed by atoms with Crippen LogP contribution in [0.1, 0.15) is 6.42 Å². The molecule has 0 spiro atoms. The van der Waals surface area contributed by atoms with Gasteiger partial charge in [-0.2, -0.15) is 5.48 Å². The summed E-state index contributed by atoms with van der Waals surface area (Å²) in [5, 5.41) is 6.58. The van der Waals surface area contributed by atoms with Crippen molar-refractivity contribution in [1.29, 1.82) is 5.41 Å². The highest BCUT2D eigenvalue weighted by Gasteiger charge is 1.97. The highest BCUT2D eigenvalue weighted by atomic mass is 16.7. The van der Waals surface area contributed by atoms with E-state index in [0.29, 0.717) is 0 Å². The monoisotopic (exact) mass is 143 g/mol. The molecule has 0 aromatic heterocycles. The Hall–Kier alpha value is -1.52. The normalized spacial score (nSPS) is 8.00. The highest BCUT2D eigenvalue weighted by molar-refractivity contribution is 5.77. The van der Waals surface area contributed by atoms with Crippen LogP contribution in [-0.4, -0.2) is 11.9 Å². The van der Waals surface area contributed by atoms with Crippen LogP contribution in [-0.2, 0) is 9.63 Å². The van der Waals surface area contributed by atoms with Crippen LogP contribution in [0.25, 0.3) is 0 Å². The molecule has 56 valence electrons. The molecule has 0 amide bonds. The first-order chi connectivity index (χ1) is 4.66. The van der Waals surface area contributed by atoms with Gasteiger partial charge in [0.1, 0.15) is 0 Å². The predicted octanol–water partition coefficient (Wildman–Crippen LogP) is -0.496. The second-order valence-corrected chi connectivity index (χ2v) is 1.48. The molecule has 5 nitrogen and oxygen atoms in total. The molecule has 0 aliphatic rings. The van der Waals surface area contributed by atoms with Crippen LogP contribution in [0.4, 0.5) is 0 Å². The molecule has 0 heterocycles. The summed E-state index contributed by atoms with van der Waals surface area (Å²) >= 11 is 0. The largest absolute Gasteiger partial charge is 0.368 e. The second-order valence-electron chi connectivity index (χ2n) is 1.48. The summed E-state index contributed by atoms with van der Waals surface area (Å²) in [6.07, 6.45) is 1.49. The van der Waals surface area contributed by atoms with Gasteiger partial charge in [-0.05, 0) is 0 Å². The van der Waals surface area contributed by atoms with Crippen LogP contribution in [0.2, 0.25) is 0 Å². The van der Waals surface area contributed by atoms with Crippen LogP contribution in [0, 0.1) is 5.41 Å². The molecule has 0 fully saturated rings. The van der Waals surface area contributed by atoms with Gasteiger partial charge in [0.25, 0.3) is 0 Å². The molecule has 4 N–H and O–H groups in total. The van der Waals surface area contributed by atoms with Gasteiger partial charge in [0.2, 0.25) is 5.96 Å². The maximum Gasteiger partial charge on any atom is 0.335 e. The lowest BCUT2D eigenvalue weighted by atomic mass is 10.4. The fourth-order valence-electron chi connectivity index (χ4n) is 0.271. The molecule has 0 aliphatic heterocycles. The number of guanidine groups is 1. The molecule has 0 aromatic carbocycles. The van der Waals surface area contributed by atoms with Gasteiger partial charge < -0.3 is 10.6 Å². The Labute approximate surface area is 58.3 Å². The molecular formula is C5H9N3O2. The lowest BCUT2D eigenvalue weighted by Crippen LogP contribution is -2.32. The number of carbonyl (C=O) groups is 1. The number of nitrogens with two attached hydrogens (primary N) is 1. The molecule has 0 saturated carbocycles. The Morgan fingerprint density at radius 3 is 2.90 bits per heavy atom. The van der Waals surface area contributed by atoms with Crippen molar-refractivity contribution in [3.05, 3.63) is 12.7 Å². The SMILES string of the molecule is C=CCC(=O)ONC(=N)N. The smallest absolute Gasteiger partial charge is 0.335 e. The number of hydroxylamine groups is 1. The fraction of sp³-hybridized carbons (Fsp3) is 0.200. The van der Waals surface area contributed by atoms with Crippen LogP contribution < -0.4 is 11.2 Å². The van der Waals surface area contributed by atoms with Crippen molar-refractivity contribution < 1.29 is 9.63 Å². The van der Waals surface area contributed by atoms with Crippen molar-refractivity contribution in [2.24, 2.45) is 5.73 Å². The van der Waals surface area contributed by atoms with Gasteiger partial charge in [-0.15, -0.1) is 6.58 Å². The van der Waals surface area contributed by atoms with Gasteiger partial charge in [0, 0.05) is 0 Å². The van der Waals surface area contributed by atoms with Crippen molar-refractivity contribution in [2.75, 3.05) is 0 Å². The number of rotatable bonds is 2. The predicted molar refractivity (Wildman–Crippen MR) is 36.0 cm³/mol. The van der Waals surface area contributed by atoms with Crippen molar-refractivity contribution in [3.8, 4) is 0 Å². The van der Waals surface area contributed by atoms with Gasteiger partial charge in [0.05, 0.1) is 6.42 Å². The van der Waals surface area contributed by atoms with E-state index in [4.69, 9.17) is 11.1 Å². The minimum Gasteiger partial charge on any atom is -0.368 e. The lowest BCUT2D eigenvalue weighted by molar-refractivity contribution is -0.146. The Morgan fingerprint density at radius 2 is 2.50 bits per heavy atom. The first kappa shape index (κ1) is 8.48. The number of hydrogen-bond donors (Lipinski definition) is 3. The molecule has 0 saturated heterocycles. The first-order valence-electron chi connectivity index (χ1n) is 2.57.